The van der Waals surface area contributed by atoms with Gasteiger partial charge in [-0.05, 0) is 37.1 Å². The van der Waals surface area contributed by atoms with Crippen LogP contribution in [0.4, 0.5) is 0 Å². The molecule has 1 N–H and O–H groups in total. The van der Waals surface area contributed by atoms with Gasteiger partial charge >= 0.3 is 0 Å². The molecule has 1 atom stereocenters. The predicted octanol–water partition coefficient (Wildman–Crippen LogP) is 3.46. The molecule has 0 aliphatic rings. The summed E-state index contributed by atoms with van der Waals surface area (Å²) >= 11 is 0. The molecule has 0 aliphatic heterocycles. The maximum absolute atomic E-state index is 10.2. The van der Waals surface area contributed by atoms with Crippen molar-refractivity contribution in [1.82, 2.24) is 0 Å². The molecule has 3 nitrogen and oxygen atoms in total. The van der Waals surface area contributed by atoms with Crippen LogP contribution in [-0.2, 0) is 0 Å². The van der Waals surface area contributed by atoms with Crippen LogP contribution in [0.3, 0.4) is 0 Å². The molecular formula is C15H18O3. The fraction of sp³-hybridized carbons (Fsp3) is 0.333. The maximum Gasteiger partial charge on any atom is 0.119 e. The van der Waals surface area contributed by atoms with Crippen molar-refractivity contribution < 1.29 is 14.3 Å². The number of hydrogen-bond donors (Lipinski definition) is 1. The SMILES string of the molecule is CCCOc1ccc(C(O)c2ccoc2C)cc1. The average molecular weight is 246 g/mol. The molecule has 1 aromatic heterocycles. The Morgan fingerprint density at radius 1 is 1.22 bits per heavy atom. The summed E-state index contributed by atoms with van der Waals surface area (Å²) in [5, 5.41) is 10.2. The van der Waals surface area contributed by atoms with Crippen LogP contribution < -0.4 is 4.74 Å². The van der Waals surface area contributed by atoms with Crippen LogP contribution in [-0.4, -0.2) is 11.7 Å². The van der Waals surface area contributed by atoms with Gasteiger partial charge in [0.25, 0.3) is 0 Å². The molecule has 0 saturated carbocycles. The van der Waals surface area contributed by atoms with Crippen molar-refractivity contribution in [3.8, 4) is 5.75 Å². The van der Waals surface area contributed by atoms with Crippen LogP contribution in [0, 0.1) is 6.92 Å². The zero-order valence-electron chi connectivity index (χ0n) is 10.7. The van der Waals surface area contributed by atoms with Crippen molar-refractivity contribution in [2.45, 2.75) is 26.4 Å². The van der Waals surface area contributed by atoms with Crippen LogP contribution in [0.2, 0.25) is 0 Å². The Hall–Kier alpha value is -1.74. The van der Waals surface area contributed by atoms with Crippen LogP contribution in [0.1, 0.15) is 36.3 Å². The Labute approximate surface area is 107 Å². The van der Waals surface area contributed by atoms with Gasteiger partial charge in [-0.25, -0.2) is 0 Å². The van der Waals surface area contributed by atoms with E-state index >= 15 is 0 Å². The van der Waals surface area contributed by atoms with Gasteiger partial charge in [0.1, 0.15) is 17.6 Å². The van der Waals surface area contributed by atoms with Crippen LogP contribution in [0.5, 0.6) is 5.75 Å². The molecule has 2 aromatic rings. The van der Waals surface area contributed by atoms with Gasteiger partial charge in [0, 0.05) is 5.56 Å². The second kappa shape index (κ2) is 5.74. The summed E-state index contributed by atoms with van der Waals surface area (Å²) < 4.78 is 10.7. The van der Waals surface area contributed by atoms with Crippen molar-refractivity contribution in [2.24, 2.45) is 0 Å². The molecule has 1 unspecified atom stereocenters. The topological polar surface area (TPSA) is 42.6 Å². The first-order valence-electron chi connectivity index (χ1n) is 6.17. The highest BCUT2D eigenvalue weighted by atomic mass is 16.5. The standard InChI is InChI=1S/C15H18O3/c1-3-9-18-13-6-4-12(5-7-13)15(16)14-8-10-17-11(14)2/h4-8,10,15-16H,3,9H2,1-2H3. The summed E-state index contributed by atoms with van der Waals surface area (Å²) in [5.41, 5.74) is 1.64. The molecule has 0 aliphatic carbocycles. The number of hydrogen-bond acceptors (Lipinski definition) is 3. The van der Waals surface area contributed by atoms with Gasteiger partial charge in [-0.2, -0.15) is 0 Å². The molecule has 0 saturated heterocycles. The lowest BCUT2D eigenvalue weighted by atomic mass is 10.0. The summed E-state index contributed by atoms with van der Waals surface area (Å²) in [6.45, 7) is 4.62. The Kier molecular flexibility index (Phi) is 4.05. The van der Waals surface area contributed by atoms with Gasteiger partial charge in [-0.15, -0.1) is 0 Å². The van der Waals surface area contributed by atoms with Crippen molar-refractivity contribution in [3.05, 3.63) is 53.5 Å². The lowest BCUT2D eigenvalue weighted by Gasteiger charge is -2.11. The molecule has 0 radical (unpaired) electrons. The predicted molar refractivity (Wildman–Crippen MR) is 69.7 cm³/mol. The fourth-order valence-corrected chi connectivity index (χ4v) is 1.82. The first-order chi connectivity index (χ1) is 8.72. The number of rotatable bonds is 5. The first-order valence-corrected chi connectivity index (χ1v) is 6.17. The number of aryl methyl sites for hydroxylation is 1. The Morgan fingerprint density at radius 3 is 2.50 bits per heavy atom. The van der Waals surface area contributed by atoms with E-state index in [1.54, 1.807) is 12.3 Å². The molecule has 1 heterocycles. The molecule has 0 amide bonds. The Morgan fingerprint density at radius 2 is 1.94 bits per heavy atom. The Bertz CT molecular complexity index is 485. The van der Waals surface area contributed by atoms with E-state index in [2.05, 4.69) is 6.92 Å². The highest BCUT2D eigenvalue weighted by Gasteiger charge is 2.14. The molecular weight excluding hydrogens is 228 g/mol. The van der Waals surface area contributed by atoms with E-state index in [0.29, 0.717) is 6.61 Å². The molecule has 3 heteroatoms. The van der Waals surface area contributed by atoms with Gasteiger partial charge in [0.15, 0.2) is 0 Å². The van der Waals surface area contributed by atoms with Crippen molar-refractivity contribution in [2.75, 3.05) is 6.61 Å². The number of aliphatic hydroxyl groups excluding tert-OH is 1. The molecule has 0 fully saturated rings. The van der Waals surface area contributed by atoms with Crippen LogP contribution in [0.25, 0.3) is 0 Å². The lowest BCUT2D eigenvalue weighted by Crippen LogP contribution is -2.00. The summed E-state index contributed by atoms with van der Waals surface area (Å²) in [5.74, 6) is 1.57. The van der Waals surface area contributed by atoms with Gasteiger partial charge in [-0.3, -0.25) is 0 Å². The van der Waals surface area contributed by atoms with Gasteiger partial charge in [0.2, 0.25) is 0 Å². The maximum atomic E-state index is 10.2. The van der Waals surface area contributed by atoms with Crippen LogP contribution >= 0.6 is 0 Å². The molecule has 0 bridgehead atoms. The van der Waals surface area contributed by atoms with Crippen molar-refractivity contribution in [3.63, 3.8) is 0 Å². The largest absolute Gasteiger partial charge is 0.494 e. The molecule has 2 rings (SSSR count). The highest BCUT2D eigenvalue weighted by Crippen LogP contribution is 2.26. The van der Waals surface area contributed by atoms with E-state index in [1.807, 2.05) is 31.2 Å². The second-order valence-electron chi connectivity index (χ2n) is 4.25. The molecule has 18 heavy (non-hydrogen) atoms. The van der Waals surface area contributed by atoms with E-state index < -0.39 is 6.10 Å². The first kappa shape index (κ1) is 12.7. The van der Waals surface area contributed by atoms with Gasteiger partial charge in [-0.1, -0.05) is 19.1 Å². The van der Waals surface area contributed by atoms with Crippen molar-refractivity contribution in [1.29, 1.82) is 0 Å². The third-order valence-corrected chi connectivity index (χ3v) is 2.86. The normalized spacial score (nSPS) is 12.4. The zero-order valence-corrected chi connectivity index (χ0v) is 10.7. The third kappa shape index (κ3) is 2.74. The molecule has 1 aromatic carbocycles. The highest BCUT2D eigenvalue weighted by molar-refractivity contribution is 5.34. The van der Waals surface area contributed by atoms with E-state index in [0.717, 1.165) is 29.1 Å². The summed E-state index contributed by atoms with van der Waals surface area (Å²) in [7, 11) is 0. The zero-order chi connectivity index (χ0) is 13.0. The van der Waals surface area contributed by atoms with Gasteiger partial charge in [0.05, 0.1) is 12.9 Å². The minimum Gasteiger partial charge on any atom is -0.494 e. The smallest absolute Gasteiger partial charge is 0.119 e. The number of furan rings is 1. The monoisotopic (exact) mass is 246 g/mol. The molecule has 96 valence electrons. The van der Waals surface area contributed by atoms with E-state index in [-0.39, 0.29) is 0 Å². The van der Waals surface area contributed by atoms with E-state index in [1.165, 1.54) is 0 Å². The summed E-state index contributed by atoms with van der Waals surface area (Å²) in [4.78, 5) is 0. The number of aliphatic hydroxyl groups is 1. The lowest BCUT2D eigenvalue weighted by molar-refractivity contribution is 0.217. The van der Waals surface area contributed by atoms with Crippen LogP contribution in [0.15, 0.2) is 41.0 Å². The number of benzene rings is 1. The van der Waals surface area contributed by atoms with Crippen molar-refractivity contribution >= 4 is 0 Å². The average Bonchev–Trinajstić information content (AvgIpc) is 2.82. The summed E-state index contributed by atoms with van der Waals surface area (Å²) in [6.07, 6.45) is 1.93. The quantitative estimate of drug-likeness (QED) is 0.878. The minimum atomic E-state index is -0.649. The molecule has 0 spiro atoms. The van der Waals surface area contributed by atoms with E-state index in [9.17, 15) is 5.11 Å². The summed E-state index contributed by atoms with van der Waals surface area (Å²) in [6, 6.07) is 9.30. The second-order valence-corrected chi connectivity index (χ2v) is 4.25. The Balaban J connectivity index is 2.12. The number of ether oxygens (including phenoxy) is 1. The minimum absolute atomic E-state index is 0.649. The van der Waals surface area contributed by atoms with Gasteiger partial charge < -0.3 is 14.3 Å². The van der Waals surface area contributed by atoms with E-state index in [4.69, 9.17) is 9.15 Å². The fourth-order valence-electron chi connectivity index (χ4n) is 1.82. The third-order valence-electron chi connectivity index (χ3n) is 2.86.